The van der Waals surface area contributed by atoms with Crippen LogP contribution in [0, 0.1) is 0 Å². The number of rotatable bonds is 8. The van der Waals surface area contributed by atoms with E-state index in [0.29, 0.717) is 12.0 Å². The topological polar surface area (TPSA) is 70.2 Å². The number of hydrogen-bond acceptors (Lipinski definition) is 5. The minimum atomic E-state index is -0.0346. The minimum absolute atomic E-state index is 0.0346. The molecule has 0 bridgehead atoms. The van der Waals surface area contributed by atoms with Gasteiger partial charge in [0.05, 0.1) is 6.54 Å². The molecule has 2 N–H and O–H groups in total. The van der Waals surface area contributed by atoms with Crippen LogP contribution in [0.3, 0.4) is 0 Å². The fourth-order valence-electron chi connectivity index (χ4n) is 1.70. The van der Waals surface area contributed by atoms with Gasteiger partial charge in [0, 0.05) is 44.1 Å². The average Bonchev–Trinajstić information content (AvgIpc) is 2.45. The van der Waals surface area contributed by atoms with Crippen LogP contribution in [0.4, 0.5) is 5.95 Å². The Balaban J connectivity index is 2.69. The lowest BCUT2D eigenvalue weighted by molar-refractivity contribution is -0.119. The van der Waals surface area contributed by atoms with Gasteiger partial charge in [-0.15, -0.1) is 0 Å². The van der Waals surface area contributed by atoms with E-state index < -0.39 is 0 Å². The van der Waals surface area contributed by atoms with Crippen LogP contribution in [0.5, 0.6) is 0 Å². The summed E-state index contributed by atoms with van der Waals surface area (Å²) in [6, 6.07) is 0.430. The van der Waals surface area contributed by atoms with E-state index in [2.05, 4.69) is 41.4 Å². The Morgan fingerprint density at radius 3 is 2.50 bits per heavy atom. The molecule has 0 aliphatic rings. The summed E-state index contributed by atoms with van der Waals surface area (Å²) in [7, 11) is 1.63. The summed E-state index contributed by atoms with van der Waals surface area (Å²) in [5.74, 6) is 0.566. The first kappa shape index (κ1) is 16.4. The highest BCUT2D eigenvalue weighted by atomic mass is 16.1. The Kier molecular flexibility index (Phi) is 6.93. The summed E-state index contributed by atoms with van der Waals surface area (Å²) in [6.45, 7) is 8.06. The van der Waals surface area contributed by atoms with E-state index in [9.17, 15) is 4.79 Å². The molecule has 1 rings (SSSR count). The molecule has 0 aromatic carbocycles. The highest BCUT2D eigenvalue weighted by molar-refractivity contribution is 5.80. The first-order chi connectivity index (χ1) is 9.56. The van der Waals surface area contributed by atoms with Crippen molar-refractivity contribution in [2.75, 3.05) is 25.0 Å². The standard InChI is InChI=1S/C14H25N5O/c1-5-6-19(10-13(20)15-4)14-17-8-12(9-18-14)7-16-11(2)3/h8-9,11,16H,5-7,10H2,1-4H3,(H,15,20). The van der Waals surface area contributed by atoms with Crippen molar-refractivity contribution < 1.29 is 4.79 Å². The zero-order valence-electron chi connectivity index (χ0n) is 12.8. The summed E-state index contributed by atoms with van der Waals surface area (Å²) in [5.41, 5.74) is 1.04. The number of likely N-dealkylation sites (N-methyl/N-ethyl adjacent to an activating group) is 1. The van der Waals surface area contributed by atoms with Gasteiger partial charge in [-0.1, -0.05) is 20.8 Å². The van der Waals surface area contributed by atoms with Crippen LogP contribution in [0.15, 0.2) is 12.4 Å². The quantitative estimate of drug-likeness (QED) is 0.741. The second kappa shape index (κ2) is 8.47. The van der Waals surface area contributed by atoms with Gasteiger partial charge in [0.1, 0.15) is 0 Å². The summed E-state index contributed by atoms with van der Waals surface area (Å²) >= 11 is 0. The normalized spacial score (nSPS) is 10.7. The largest absolute Gasteiger partial charge is 0.358 e. The average molecular weight is 279 g/mol. The van der Waals surface area contributed by atoms with Gasteiger partial charge in [0.2, 0.25) is 11.9 Å². The van der Waals surface area contributed by atoms with Gasteiger partial charge in [-0.25, -0.2) is 9.97 Å². The molecule has 1 aromatic rings. The first-order valence-electron chi connectivity index (χ1n) is 7.06. The summed E-state index contributed by atoms with van der Waals surface area (Å²) in [6.07, 6.45) is 4.56. The van der Waals surface area contributed by atoms with Gasteiger partial charge in [-0.05, 0) is 6.42 Å². The molecule has 0 unspecified atom stereocenters. The second-order valence-corrected chi connectivity index (χ2v) is 5.02. The lowest BCUT2D eigenvalue weighted by atomic mass is 10.3. The molecule has 1 heterocycles. The molecule has 0 spiro atoms. The molecule has 0 saturated carbocycles. The van der Waals surface area contributed by atoms with Crippen LogP contribution in [-0.2, 0) is 11.3 Å². The number of carbonyl (C=O) groups is 1. The van der Waals surface area contributed by atoms with Crippen molar-refractivity contribution in [3.8, 4) is 0 Å². The number of amides is 1. The van der Waals surface area contributed by atoms with Crippen LogP contribution in [0.2, 0.25) is 0 Å². The number of aromatic nitrogens is 2. The van der Waals surface area contributed by atoms with E-state index in [-0.39, 0.29) is 12.5 Å². The van der Waals surface area contributed by atoms with Crippen molar-refractivity contribution in [2.45, 2.75) is 39.8 Å². The number of hydrogen-bond donors (Lipinski definition) is 2. The van der Waals surface area contributed by atoms with Crippen LogP contribution in [0.25, 0.3) is 0 Å². The fourth-order valence-corrected chi connectivity index (χ4v) is 1.70. The molecule has 0 fully saturated rings. The molecule has 20 heavy (non-hydrogen) atoms. The molecule has 1 amide bonds. The molecule has 6 heteroatoms. The molecule has 0 aliphatic heterocycles. The number of nitrogens with zero attached hydrogens (tertiary/aromatic N) is 3. The van der Waals surface area contributed by atoms with E-state index in [4.69, 9.17) is 0 Å². The maximum Gasteiger partial charge on any atom is 0.239 e. The van der Waals surface area contributed by atoms with E-state index in [1.807, 2.05) is 17.3 Å². The van der Waals surface area contributed by atoms with Gasteiger partial charge >= 0.3 is 0 Å². The maximum atomic E-state index is 11.5. The zero-order chi connectivity index (χ0) is 15.0. The molecular formula is C14H25N5O. The van der Waals surface area contributed by atoms with Crippen LogP contribution >= 0.6 is 0 Å². The molecule has 0 saturated heterocycles. The van der Waals surface area contributed by atoms with Gasteiger partial charge in [0.15, 0.2) is 0 Å². The van der Waals surface area contributed by atoms with Crippen LogP contribution < -0.4 is 15.5 Å². The van der Waals surface area contributed by atoms with Crippen molar-refractivity contribution in [3.63, 3.8) is 0 Å². The predicted octanol–water partition coefficient (Wildman–Crippen LogP) is 0.937. The fraction of sp³-hybridized carbons (Fsp3) is 0.643. The third-order valence-corrected chi connectivity index (χ3v) is 2.80. The van der Waals surface area contributed by atoms with Crippen molar-refractivity contribution in [3.05, 3.63) is 18.0 Å². The third kappa shape index (κ3) is 5.52. The van der Waals surface area contributed by atoms with Crippen molar-refractivity contribution in [2.24, 2.45) is 0 Å². The molecule has 1 aromatic heterocycles. The van der Waals surface area contributed by atoms with Crippen LogP contribution in [0.1, 0.15) is 32.8 Å². The van der Waals surface area contributed by atoms with Crippen molar-refractivity contribution in [1.29, 1.82) is 0 Å². The molecule has 6 nitrogen and oxygen atoms in total. The summed E-state index contributed by atoms with van der Waals surface area (Å²) in [5, 5.41) is 5.94. The summed E-state index contributed by atoms with van der Waals surface area (Å²) in [4.78, 5) is 22.1. The molecule has 0 aliphatic carbocycles. The first-order valence-corrected chi connectivity index (χ1v) is 7.06. The Morgan fingerprint density at radius 2 is 2.00 bits per heavy atom. The minimum Gasteiger partial charge on any atom is -0.358 e. The SMILES string of the molecule is CCCN(CC(=O)NC)c1ncc(CNC(C)C)cn1. The maximum absolute atomic E-state index is 11.5. The highest BCUT2D eigenvalue weighted by Crippen LogP contribution is 2.07. The zero-order valence-corrected chi connectivity index (χ0v) is 12.8. The third-order valence-electron chi connectivity index (χ3n) is 2.80. The number of nitrogens with one attached hydrogen (secondary N) is 2. The predicted molar refractivity (Wildman–Crippen MR) is 80.6 cm³/mol. The molecule has 112 valence electrons. The van der Waals surface area contributed by atoms with Gasteiger partial charge in [-0.3, -0.25) is 4.79 Å². The second-order valence-electron chi connectivity index (χ2n) is 5.02. The Labute approximate surface area is 121 Å². The Bertz CT molecular complexity index is 405. The molecular weight excluding hydrogens is 254 g/mol. The lowest BCUT2D eigenvalue weighted by Gasteiger charge is -2.21. The Hall–Kier alpha value is -1.69. The molecule has 0 radical (unpaired) electrons. The van der Waals surface area contributed by atoms with Crippen LogP contribution in [-0.4, -0.2) is 42.1 Å². The van der Waals surface area contributed by atoms with E-state index in [1.165, 1.54) is 0 Å². The summed E-state index contributed by atoms with van der Waals surface area (Å²) < 4.78 is 0. The molecule has 0 atom stereocenters. The smallest absolute Gasteiger partial charge is 0.239 e. The van der Waals surface area contributed by atoms with Gasteiger partial charge in [0.25, 0.3) is 0 Å². The van der Waals surface area contributed by atoms with E-state index in [0.717, 1.165) is 25.1 Å². The highest BCUT2D eigenvalue weighted by Gasteiger charge is 2.12. The number of anilines is 1. The van der Waals surface area contributed by atoms with Crippen molar-refractivity contribution >= 4 is 11.9 Å². The van der Waals surface area contributed by atoms with Gasteiger partial charge in [-0.2, -0.15) is 0 Å². The van der Waals surface area contributed by atoms with Gasteiger partial charge < -0.3 is 15.5 Å². The van der Waals surface area contributed by atoms with E-state index >= 15 is 0 Å². The Morgan fingerprint density at radius 1 is 1.35 bits per heavy atom. The number of carbonyl (C=O) groups excluding carboxylic acids is 1. The monoisotopic (exact) mass is 279 g/mol. The van der Waals surface area contributed by atoms with Crippen molar-refractivity contribution in [1.82, 2.24) is 20.6 Å². The van der Waals surface area contributed by atoms with E-state index in [1.54, 1.807) is 7.05 Å². The lowest BCUT2D eigenvalue weighted by Crippen LogP contribution is -2.37.